The highest BCUT2D eigenvalue weighted by Crippen LogP contribution is 2.40. The zero-order valence-corrected chi connectivity index (χ0v) is 23.0. The topological polar surface area (TPSA) is 70.1 Å². The van der Waals surface area contributed by atoms with E-state index in [1.807, 2.05) is 37.3 Å². The van der Waals surface area contributed by atoms with Crippen LogP contribution in [0.15, 0.2) is 60.7 Å². The third-order valence-corrected chi connectivity index (χ3v) is 7.00. The molecule has 2 aromatic carbocycles. The van der Waals surface area contributed by atoms with Crippen LogP contribution >= 0.6 is 0 Å². The number of rotatable bonds is 10. The Morgan fingerprint density at radius 3 is 2.30 bits per heavy atom. The number of likely N-dealkylation sites (tertiary alicyclic amines) is 1. The van der Waals surface area contributed by atoms with Crippen LogP contribution in [0.3, 0.4) is 0 Å². The summed E-state index contributed by atoms with van der Waals surface area (Å²) in [6.07, 6.45) is 1.66. The minimum atomic E-state index is -0.666. The second-order valence-electron chi connectivity index (χ2n) is 10.5. The van der Waals surface area contributed by atoms with Gasteiger partial charge in [-0.2, -0.15) is 0 Å². The highest BCUT2D eigenvalue weighted by molar-refractivity contribution is 6.46. The van der Waals surface area contributed by atoms with Crippen LogP contribution < -0.4 is 4.74 Å². The Morgan fingerprint density at radius 2 is 1.76 bits per heavy atom. The normalized spacial score (nSPS) is 17.5. The maximum absolute atomic E-state index is 13.4. The summed E-state index contributed by atoms with van der Waals surface area (Å²) >= 11 is 0. The lowest BCUT2D eigenvalue weighted by Gasteiger charge is -2.29. The van der Waals surface area contributed by atoms with Gasteiger partial charge < -0.3 is 19.6 Å². The fourth-order valence-electron chi connectivity index (χ4n) is 4.70. The van der Waals surface area contributed by atoms with E-state index >= 15 is 0 Å². The first-order valence-corrected chi connectivity index (χ1v) is 13.0. The highest BCUT2D eigenvalue weighted by Gasteiger charge is 2.46. The van der Waals surface area contributed by atoms with Gasteiger partial charge in [-0.15, -0.1) is 0 Å². The molecule has 1 N–H and O–H groups in total. The molecule has 6 nitrogen and oxygen atoms in total. The molecule has 3 rings (SSSR count). The monoisotopic (exact) mass is 504 g/mol. The lowest BCUT2D eigenvalue weighted by Crippen LogP contribution is -2.38. The van der Waals surface area contributed by atoms with Crippen LogP contribution in [0.2, 0.25) is 0 Å². The van der Waals surface area contributed by atoms with E-state index in [4.69, 9.17) is 4.74 Å². The van der Waals surface area contributed by atoms with E-state index in [-0.39, 0.29) is 16.7 Å². The maximum Gasteiger partial charge on any atom is 0.295 e. The number of benzene rings is 2. The van der Waals surface area contributed by atoms with Crippen molar-refractivity contribution in [1.82, 2.24) is 9.80 Å². The summed E-state index contributed by atoms with van der Waals surface area (Å²) in [6, 6.07) is 12.6. The Morgan fingerprint density at radius 1 is 1.11 bits per heavy atom. The van der Waals surface area contributed by atoms with E-state index in [0.29, 0.717) is 31.0 Å². The van der Waals surface area contributed by atoms with Gasteiger partial charge in [0.25, 0.3) is 11.7 Å². The molecule has 0 radical (unpaired) electrons. The van der Waals surface area contributed by atoms with Crippen molar-refractivity contribution in [2.45, 2.75) is 53.0 Å². The molecule has 0 bridgehead atoms. The van der Waals surface area contributed by atoms with E-state index in [9.17, 15) is 14.7 Å². The average molecular weight is 505 g/mol. The average Bonchev–Trinajstić information content (AvgIpc) is 3.12. The Balaban J connectivity index is 2.11. The van der Waals surface area contributed by atoms with E-state index in [2.05, 4.69) is 46.1 Å². The van der Waals surface area contributed by atoms with Crippen molar-refractivity contribution in [3.8, 4) is 5.75 Å². The first-order valence-electron chi connectivity index (χ1n) is 13.0. The van der Waals surface area contributed by atoms with Gasteiger partial charge in [-0.3, -0.25) is 9.59 Å². The second-order valence-corrected chi connectivity index (χ2v) is 10.5. The largest absolute Gasteiger partial charge is 0.507 e. The number of hydrogen-bond acceptors (Lipinski definition) is 5. The highest BCUT2D eigenvalue weighted by atomic mass is 16.5. The van der Waals surface area contributed by atoms with E-state index in [1.54, 1.807) is 23.1 Å². The summed E-state index contributed by atoms with van der Waals surface area (Å²) < 4.78 is 5.61. The minimum absolute atomic E-state index is 0.0321. The number of carbonyl (C=O) groups is 2. The summed E-state index contributed by atoms with van der Waals surface area (Å²) in [4.78, 5) is 30.5. The molecule has 0 spiro atoms. The molecular weight excluding hydrogens is 464 g/mol. The van der Waals surface area contributed by atoms with Crippen molar-refractivity contribution >= 4 is 17.4 Å². The maximum atomic E-state index is 13.4. The predicted molar refractivity (Wildman–Crippen MR) is 149 cm³/mol. The molecule has 0 aromatic heterocycles. The number of carbonyl (C=O) groups excluding carboxylic acids is 2. The van der Waals surface area contributed by atoms with Crippen molar-refractivity contribution in [2.75, 3.05) is 32.8 Å². The summed E-state index contributed by atoms with van der Waals surface area (Å²) in [5.74, 6) is -0.764. The van der Waals surface area contributed by atoms with E-state index < -0.39 is 17.7 Å². The predicted octanol–water partition coefficient (Wildman–Crippen LogP) is 5.62. The Kier molecular flexibility index (Phi) is 8.98. The first-order chi connectivity index (χ1) is 17.5. The van der Waals surface area contributed by atoms with Crippen molar-refractivity contribution in [3.05, 3.63) is 82.9 Å². The van der Waals surface area contributed by atoms with Gasteiger partial charge >= 0.3 is 0 Å². The van der Waals surface area contributed by atoms with Crippen molar-refractivity contribution in [1.29, 1.82) is 0 Å². The van der Waals surface area contributed by atoms with Crippen molar-refractivity contribution in [2.24, 2.45) is 0 Å². The molecule has 198 valence electrons. The molecule has 1 aliphatic rings. The lowest BCUT2D eigenvalue weighted by atomic mass is 9.85. The smallest absolute Gasteiger partial charge is 0.295 e. The number of Topliss-reactive ketones (excluding diaryl/α,β-unsaturated/α-hetero) is 1. The van der Waals surface area contributed by atoms with Gasteiger partial charge in [-0.25, -0.2) is 0 Å². The molecule has 1 unspecified atom stereocenters. The van der Waals surface area contributed by atoms with Gasteiger partial charge in [0.15, 0.2) is 0 Å². The van der Waals surface area contributed by atoms with Gasteiger partial charge in [0, 0.05) is 18.7 Å². The molecule has 1 aliphatic heterocycles. The quantitative estimate of drug-likeness (QED) is 0.197. The standard InChI is InChI=1S/C31H40N2O4/c1-8-19-37-24-15-16-25(21(4)20-24)28(34)26-27(22-11-13-23(14-12-22)31(5,6)7)33(30(36)29(26)35)18-17-32(9-2)10-3/h8,11-16,20,27,34H,1,9-10,17-19H2,2-7H3/b28-26-. The Hall–Kier alpha value is -3.38. The third-order valence-electron chi connectivity index (χ3n) is 7.00. The summed E-state index contributed by atoms with van der Waals surface area (Å²) in [7, 11) is 0. The number of amides is 1. The molecule has 0 aliphatic carbocycles. The van der Waals surface area contributed by atoms with Crippen LogP contribution in [0.4, 0.5) is 0 Å². The number of aliphatic hydroxyl groups excluding tert-OH is 1. The van der Waals surface area contributed by atoms with Gasteiger partial charge in [-0.1, -0.05) is 71.5 Å². The van der Waals surface area contributed by atoms with Crippen LogP contribution in [0.25, 0.3) is 5.76 Å². The summed E-state index contributed by atoms with van der Waals surface area (Å²) in [5.41, 5.74) is 3.30. The second kappa shape index (κ2) is 11.8. The third kappa shape index (κ3) is 6.13. The Labute approximate surface area is 221 Å². The number of ketones is 1. The zero-order chi connectivity index (χ0) is 27.3. The molecule has 2 aromatic rings. The fraction of sp³-hybridized carbons (Fsp3) is 0.419. The summed E-state index contributed by atoms with van der Waals surface area (Å²) in [6.45, 7) is 19.2. The molecular formula is C31H40N2O4. The number of ether oxygens (including phenoxy) is 1. The fourth-order valence-corrected chi connectivity index (χ4v) is 4.70. The molecule has 1 atom stereocenters. The molecule has 1 fully saturated rings. The first kappa shape index (κ1) is 28.2. The number of nitrogens with zero attached hydrogens (tertiary/aromatic N) is 2. The SMILES string of the molecule is C=CCOc1ccc(/C(O)=C2/C(=O)C(=O)N(CCN(CC)CC)C2c2ccc(C(C)(C)C)cc2)c(C)c1. The van der Waals surface area contributed by atoms with Crippen LogP contribution in [-0.2, 0) is 15.0 Å². The summed E-state index contributed by atoms with van der Waals surface area (Å²) in [5, 5.41) is 11.5. The molecule has 0 saturated carbocycles. The lowest BCUT2D eigenvalue weighted by molar-refractivity contribution is -0.140. The molecule has 37 heavy (non-hydrogen) atoms. The zero-order valence-electron chi connectivity index (χ0n) is 23.0. The number of aryl methyl sites for hydroxylation is 1. The van der Waals surface area contributed by atoms with Crippen LogP contribution in [0.5, 0.6) is 5.75 Å². The van der Waals surface area contributed by atoms with E-state index in [1.165, 1.54) is 0 Å². The van der Waals surface area contributed by atoms with Crippen molar-refractivity contribution < 1.29 is 19.4 Å². The van der Waals surface area contributed by atoms with Gasteiger partial charge in [-0.05, 0) is 60.3 Å². The number of hydrogen-bond donors (Lipinski definition) is 1. The molecule has 1 amide bonds. The van der Waals surface area contributed by atoms with Gasteiger partial charge in [0.05, 0.1) is 11.6 Å². The molecule has 6 heteroatoms. The molecule has 1 saturated heterocycles. The van der Waals surface area contributed by atoms with Crippen LogP contribution in [0.1, 0.15) is 62.9 Å². The minimum Gasteiger partial charge on any atom is -0.507 e. The molecule has 1 heterocycles. The number of aliphatic hydroxyl groups is 1. The van der Waals surface area contributed by atoms with Gasteiger partial charge in [0.2, 0.25) is 0 Å². The van der Waals surface area contributed by atoms with E-state index in [0.717, 1.165) is 29.8 Å². The van der Waals surface area contributed by atoms with Crippen LogP contribution in [-0.4, -0.2) is 59.4 Å². The van der Waals surface area contributed by atoms with Gasteiger partial charge in [0.1, 0.15) is 18.1 Å². The van der Waals surface area contributed by atoms with Crippen molar-refractivity contribution in [3.63, 3.8) is 0 Å². The van der Waals surface area contributed by atoms with Crippen LogP contribution in [0, 0.1) is 6.92 Å². The number of likely N-dealkylation sites (N-methyl/N-ethyl adjacent to an activating group) is 1. The Bertz CT molecular complexity index is 1170.